The molecular formula is C11H16N4O6. The molecule has 0 radical (unpaired) electrons. The normalized spacial score (nSPS) is 28.7. The van der Waals surface area contributed by atoms with E-state index in [0.29, 0.717) is 0 Å². The quantitative estimate of drug-likeness (QED) is 0.445. The number of aromatic nitrogens is 2. The van der Waals surface area contributed by atoms with E-state index in [9.17, 15) is 19.8 Å². The van der Waals surface area contributed by atoms with E-state index >= 15 is 0 Å². The Hall–Kier alpha value is -2.01. The number of hydrogen-bond donors (Lipinski definition) is 4. The van der Waals surface area contributed by atoms with Crippen LogP contribution in [-0.4, -0.2) is 57.2 Å². The van der Waals surface area contributed by atoms with Crippen molar-refractivity contribution >= 4 is 11.7 Å². The van der Waals surface area contributed by atoms with E-state index < -0.39 is 49.4 Å². The fraction of sp³-hybridized carbons (Fsp3) is 0.545. The first-order valence-corrected chi connectivity index (χ1v) is 6.13. The van der Waals surface area contributed by atoms with Crippen LogP contribution in [-0.2, 0) is 14.3 Å². The predicted molar refractivity (Wildman–Crippen MR) is 68.8 cm³/mol. The van der Waals surface area contributed by atoms with Crippen LogP contribution in [0.15, 0.2) is 17.1 Å². The molecule has 0 aliphatic carbocycles. The Kier molecular flexibility index (Phi) is 4.53. The zero-order valence-electron chi connectivity index (χ0n) is 11.0. The van der Waals surface area contributed by atoms with Gasteiger partial charge in [-0.1, -0.05) is 0 Å². The van der Waals surface area contributed by atoms with Crippen LogP contribution in [0.3, 0.4) is 0 Å². The molecular weight excluding hydrogens is 284 g/mol. The highest BCUT2D eigenvalue weighted by molar-refractivity contribution is 5.75. The number of carbonyl (C=O) groups is 1. The molecule has 1 amide bonds. The van der Waals surface area contributed by atoms with Gasteiger partial charge in [0.1, 0.15) is 30.7 Å². The topological polar surface area (TPSA) is 163 Å². The summed E-state index contributed by atoms with van der Waals surface area (Å²) in [6, 6.07) is 1.36. The van der Waals surface area contributed by atoms with Gasteiger partial charge in [0.25, 0.3) is 0 Å². The van der Waals surface area contributed by atoms with E-state index in [1.54, 1.807) is 0 Å². The van der Waals surface area contributed by atoms with Gasteiger partial charge in [0.2, 0.25) is 5.91 Å². The molecule has 1 fully saturated rings. The van der Waals surface area contributed by atoms with Gasteiger partial charge in [0, 0.05) is 6.20 Å². The maximum Gasteiger partial charge on any atom is 0.351 e. The van der Waals surface area contributed by atoms with Crippen molar-refractivity contribution in [3.05, 3.63) is 22.7 Å². The number of anilines is 1. The molecule has 10 heteroatoms. The second-order valence-electron chi connectivity index (χ2n) is 4.52. The fourth-order valence-corrected chi connectivity index (χ4v) is 2.10. The minimum Gasteiger partial charge on any atom is -0.394 e. The van der Waals surface area contributed by atoms with Gasteiger partial charge in [-0.25, -0.2) is 4.79 Å². The van der Waals surface area contributed by atoms with Crippen molar-refractivity contribution in [1.29, 1.82) is 0 Å². The molecule has 0 bridgehead atoms. The molecule has 0 aromatic carbocycles. The van der Waals surface area contributed by atoms with Crippen LogP contribution in [0.25, 0.3) is 0 Å². The predicted octanol–water partition coefficient (Wildman–Crippen LogP) is -3.05. The monoisotopic (exact) mass is 300 g/mol. The fourth-order valence-electron chi connectivity index (χ4n) is 2.10. The lowest BCUT2D eigenvalue weighted by atomic mass is 10.1. The van der Waals surface area contributed by atoms with Gasteiger partial charge in [0.05, 0.1) is 6.61 Å². The van der Waals surface area contributed by atoms with Crippen LogP contribution < -0.4 is 17.2 Å². The number of primary amides is 1. The molecule has 1 aromatic rings. The molecule has 2 rings (SSSR count). The van der Waals surface area contributed by atoms with Crippen LogP contribution in [0, 0.1) is 0 Å². The van der Waals surface area contributed by atoms with E-state index in [2.05, 4.69) is 4.98 Å². The van der Waals surface area contributed by atoms with Crippen molar-refractivity contribution in [2.45, 2.75) is 24.5 Å². The summed E-state index contributed by atoms with van der Waals surface area (Å²) >= 11 is 0. The van der Waals surface area contributed by atoms with Crippen molar-refractivity contribution in [3.63, 3.8) is 0 Å². The standard InChI is InChI=1S/C11H16N4O6/c12-6-1-2-15(11(19)14-6)10-8(18)9(5(3-16)21-10)20-4-7(13)17/h1-2,5,8-10,16,18H,3-4H2,(H2,13,17)(H2,12,14,19)/t5-,8?,9?,10-/m1/s1. The Morgan fingerprint density at radius 3 is 2.86 bits per heavy atom. The minimum atomic E-state index is -1.29. The lowest BCUT2D eigenvalue weighted by Gasteiger charge is -2.19. The molecule has 116 valence electrons. The molecule has 4 atom stereocenters. The number of carbonyl (C=O) groups excluding carboxylic acids is 1. The summed E-state index contributed by atoms with van der Waals surface area (Å²) in [4.78, 5) is 26.0. The van der Waals surface area contributed by atoms with E-state index in [1.807, 2.05) is 0 Å². The summed E-state index contributed by atoms with van der Waals surface area (Å²) in [5.74, 6) is -0.697. The van der Waals surface area contributed by atoms with Crippen LogP contribution in [0.2, 0.25) is 0 Å². The van der Waals surface area contributed by atoms with Gasteiger partial charge in [0.15, 0.2) is 6.23 Å². The number of aliphatic hydroxyl groups is 2. The maximum atomic E-state index is 11.7. The molecule has 1 saturated heterocycles. The Labute approximate surface area is 118 Å². The highest BCUT2D eigenvalue weighted by Crippen LogP contribution is 2.30. The van der Waals surface area contributed by atoms with E-state index in [1.165, 1.54) is 12.3 Å². The number of ether oxygens (including phenoxy) is 2. The number of nitrogens with two attached hydrogens (primary N) is 2. The van der Waals surface area contributed by atoms with E-state index in [0.717, 1.165) is 4.57 Å². The summed E-state index contributed by atoms with van der Waals surface area (Å²) in [5, 5.41) is 19.4. The third-order valence-corrected chi connectivity index (χ3v) is 3.03. The average Bonchev–Trinajstić information content (AvgIpc) is 2.73. The summed E-state index contributed by atoms with van der Waals surface area (Å²) < 4.78 is 11.5. The van der Waals surface area contributed by atoms with Gasteiger partial charge in [-0.05, 0) is 6.07 Å². The molecule has 1 aliphatic rings. The third-order valence-electron chi connectivity index (χ3n) is 3.03. The zero-order valence-corrected chi connectivity index (χ0v) is 11.0. The molecule has 1 aliphatic heterocycles. The molecule has 0 saturated carbocycles. The van der Waals surface area contributed by atoms with Crippen molar-refractivity contribution in [2.24, 2.45) is 5.73 Å². The zero-order chi connectivity index (χ0) is 15.6. The van der Waals surface area contributed by atoms with E-state index in [4.69, 9.17) is 20.9 Å². The number of nitrogen functional groups attached to an aromatic ring is 1. The molecule has 6 N–H and O–H groups in total. The number of rotatable bonds is 5. The van der Waals surface area contributed by atoms with E-state index in [-0.39, 0.29) is 5.82 Å². The first-order valence-electron chi connectivity index (χ1n) is 6.13. The van der Waals surface area contributed by atoms with Gasteiger partial charge >= 0.3 is 5.69 Å². The van der Waals surface area contributed by atoms with Gasteiger partial charge < -0.3 is 31.2 Å². The smallest absolute Gasteiger partial charge is 0.351 e. The van der Waals surface area contributed by atoms with Crippen LogP contribution in [0.5, 0.6) is 0 Å². The second kappa shape index (κ2) is 6.18. The molecule has 10 nitrogen and oxygen atoms in total. The summed E-state index contributed by atoms with van der Waals surface area (Å²) in [7, 11) is 0. The Morgan fingerprint density at radius 2 is 2.29 bits per heavy atom. The Bertz CT molecular complexity index is 576. The van der Waals surface area contributed by atoms with Crippen LogP contribution >= 0.6 is 0 Å². The number of amides is 1. The molecule has 0 spiro atoms. The van der Waals surface area contributed by atoms with Crippen LogP contribution in [0.1, 0.15) is 6.23 Å². The third kappa shape index (κ3) is 3.19. The maximum absolute atomic E-state index is 11.7. The molecule has 1 aromatic heterocycles. The summed E-state index contributed by atoms with van der Waals surface area (Å²) in [6.07, 6.45) is -3.00. The molecule has 2 heterocycles. The average molecular weight is 300 g/mol. The van der Waals surface area contributed by atoms with Crippen LogP contribution in [0.4, 0.5) is 5.82 Å². The highest BCUT2D eigenvalue weighted by atomic mass is 16.6. The first kappa shape index (κ1) is 15.4. The summed E-state index contributed by atoms with van der Waals surface area (Å²) in [6.45, 7) is -0.905. The second-order valence-corrected chi connectivity index (χ2v) is 4.52. The number of hydrogen-bond acceptors (Lipinski definition) is 8. The van der Waals surface area contributed by atoms with Gasteiger partial charge in [-0.3, -0.25) is 9.36 Å². The highest BCUT2D eigenvalue weighted by Gasteiger charge is 2.45. The van der Waals surface area contributed by atoms with Gasteiger partial charge in [-0.15, -0.1) is 0 Å². The molecule has 2 unspecified atom stereocenters. The van der Waals surface area contributed by atoms with Crippen molar-refractivity contribution in [1.82, 2.24) is 9.55 Å². The lowest BCUT2D eigenvalue weighted by Crippen LogP contribution is -2.39. The van der Waals surface area contributed by atoms with Crippen molar-refractivity contribution in [2.75, 3.05) is 18.9 Å². The first-order chi connectivity index (χ1) is 9.93. The number of aliphatic hydroxyl groups excluding tert-OH is 2. The Morgan fingerprint density at radius 1 is 1.57 bits per heavy atom. The molecule has 21 heavy (non-hydrogen) atoms. The minimum absolute atomic E-state index is 0.0315. The summed E-state index contributed by atoms with van der Waals surface area (Å²) in [5.41, 5.74) is 9.62. The van der Waals surface area contributed by atoms with Crippen molar-refractivity contribution < 1.29 is 24.5 Å². The Balaban J connectivity index is 2.22. The number of nitrogens with zero attached hydrogens (tertiary/aromatic N) is 2. The van der Waals surface area contributed by atoms with Crippen molar-refractivity contribution in [3.8, 4) is 0 Å². The largest absolute Gasteiger partial charge is 0.394 e. The lowest BCUT2D eigenvalue weighted by molar-refractivity contribution is -0.128. The van der Waals surface area contributed by atoms with Gasteiger partial charge in [-0.2, -0.15) is 4.98 Å². The SMILES string of the molecule is NC(=O)COC1C(O)[C@H](n2ccc(N)nc2=O)O[C@@H]1CO.